The van der Waals surface area contributed by atoms with Crippen molar-refractivity contribution >= 4 is 44.9 Å². The molecule has 1 aromatic heterocycles. The Labute approximate surface area is 233 Å². The number of benzene rings is 2. The molecule has 0 aliphatic heterocycles. The number of rotatable bonds is 16. The normalized spacial score (nSPS) is 11.5. The number of sulfonamides is 1. The molecule has 38 heavy (non-hydrogen) atoms. The number of ketones is 1. The minimum Gasteiger partial charge on any atom is -0.494 e. The van der Waals surface area contributed by atoms with Crippen molar-refractivity contribution in [2.75, 3.05) is 37.2 Å². The molecule has 0 aliphatic rings. The fourth-order valence-corrected chi connectivity index (χ4v) is 5.04. The monoisotopic (exact) mass is 564 g/mol. The summed E-state index contributed by atoms with van der Waals surface area (Å²) in [6, 6.07) is 12.2. The van der Waals surface area contributed by atoms with Gasteiger partial charge in [-0.15, -0.1) is 12.4 Å². The number of halogens is 1. The number of aryl methyl sites for hydroxylation is 1. The third kappa shape index (κ3) is 9.03. The van der Waals surface area contributed by atoms with Gasteiger partial charge in [-0.1, -0.05) is 27.2 Å². The van der Waals surface area contributed by atoms with Crippen LogP contribution in [0.3, 0.4) is 0 Å². The van der Waals surface area contributed by atoms with Gasteiger partial charge in [0, 0.05) is 29.6 Å². The van der Waals surface area contributed by atoms with Crippen molar-refractivity contribution in [3.63, 3.8) is 0 Å². The molecule has 0 saturated heterocycles. The maximum atomic E-state index is 13.6. The van der Waals surface area contributed by atoms with E-state index >= 15 is 0 Å². The molecule has 0 unspecified atom stereocenters. The fraction of sp³-hybridized carbons (Fsp3) is 0.483. The van der Waals surface area contributed by atoms with Gasteiger partial charge in [-0.3, -0.25) is 9.52 Å². The minimum absolute atomic E-state index is 0. The molecule has 0 saturated carbocycles. The third-order valence-electron chi connectivity index (χ3n) is 6.13. The van der Waals surface area contributed by atoms with Crippen molar-refractivity contribution < 1.29 is 22.4 Å². The van der Waals surface area contributed by atoms with Gasteiger partial charge in [-0.25, -0.2) is 8.42 Å². The van der Waals surface area contributed by atoms with Crippen LogP contribution in [0, 0.1) is 0 Å². The van der Waals surface area contributed by atoms with E-state index in [-0.39, 0.29) is 18.2 Å². The summed E-state index contributed by atoms with van der Waals surface area (Å²) in [6.07, 6.45) is 6.83. The van der Waals surface area contributed by atoms with Crippen LogP contribution in [0.1, 0.15) is 74.6 Å². The topological polar surface area (TPSA) is 88.8 Å². The lowest BCUT2D eigenvalue weighted by Gasteiger charge is -2.20. The van der Waals surface area contributed by atoms with Crippen LogP contribution in [0.5, 0.6) is 5.75 Å². The van der Waals surface area contributed by atoms with Crippen LogP contribution in [-0.4, -0.2) is 51.6 Å². The van der Waals surface area contributed by atoms with Crippen molar-refractivity contribution in [3.8, 4) is 5.75 Å². The van der Waals surface area contributed by atoms with Crippen molar-refractivity contribution in [2.45, 2.75) is 59.3 Å². The number of carbonyl (C=O) groups excluding carboxylic acids is 1. The summed E-state index contributed by atoms with van der Waals surface area (Å²) in [5, 5.41) is 0.605. The zero-order valence-electron chi connectivity index (χ0n) is 22.9. The van der Waals surface area contributed by atoms with E-state index in [4.69, 9.17) is 9.15 Å². The smallest absolute Gasteiger partial charge is 0.229 e. The van der Waals surface area contributed by atoms with Crippen LogP contribution >= 0.6 is 12.4 Å². The maximum Gasteiger partial charge on any atom is 0.229 e. The quantitative estimate of drug-likeness (QED) is 0.154. The number of nitrogens with zero attached hydrogens (tertiary/aromatic N) is 1. The number of ether oxygens (including phenoxy) is 1. The summed E-state index contributed by atoms with van der Waals surface area (Å²) in [7, 11) is -3.45. The Kier molecular flexibility index (Phi) is 12.6. The first-order chi connectivity index (χ1) is 17.8. The van der Waals surface area contributed by atoms with Crippen LogP contribution in [0.2, 0.25) is 0 Å². The van der Waals surface area contributed by atoms with Gasteiger partial charge in [0.25, 0.3) is 0 Å². The van der Waals surface area contributed by atoms with E-state index in [0.29, 0.717) is 46.6 Å². The number of carbonyl (C=O) groups is 1. The number of anilines is 1. The number of nitrogens with one attached hydrogen (secondary N) is 1. The molecule has 9 heteroatoms. The number of fused-ring (bicyclic) bond motifs is 1. The van der Waals surface area contributed by atoms with Crippen molar-refractivity contribution in [3.05, 3.63) is 59.4 Å². The van der Waals surface area contributed by atoms with Gasteiger partial charge in [0.15, 0.2) is 5.78 Å². The van der Waals surface area contributed by atoms with Crippen LogP contribution in [0.15, 0.2) is 46.9 Å². The molecule has 1 heterocycles. The molecule has 3 rings (SSSR count). The molecular formula is C29H41ClN2O5S. The fourth-order valence-electron chi connectivity index (χ4n) is 4.48. The van der Waals surface area contributed by atoms with E-state index in [2.05, 4.69) is 30.4 Å². The third-order valence-corrected chi connectivity index (χ3v) is 6.74. The molecule has 0 spiro atoms. The molecule has 0 amide bonds. The first kappa shape index (κ1) is 31.7. The van der Waals surface area contributed by atoms with Crippen molar-refractivity contribution in [2.24, 2.45) is 0 Å². The van der Waals surface area contributed by atoms with Crippen LogP contribution in [0.4, 0.5) is 5.69 Å². The lowest BCUT2D eigenvalue weighted by Crippen LogP contribution is -2.27. The first-order valence-corrected chi connectivity index (χ1v) is 15.2. The van der Waals surface area contributed by atoms with Crippen molar-refractivity contribution in [1.82, 2.24) is 4.90 Å². The number of hydrogen-bond donors (Lipinski definition) is 1. The number of hydrogen-bond acceptors (Lipinski definition) is 6. The second-order valence-electron chi connectivity index (χ2n) is 9.49. The molecule has 210 valence electrons. The summed E-state index contributed by atoms with van der Waals surface area (Å²) >= 11 is 0. The van der Waals surface area contributed by atoms with E-state index < -0.39 is 10.0 Å². The van der Waals surface area contributed by atoms with E-state index in [1.807, 2.05) is 12.1 Å². The molecule has 7 nitrogen and oxygen atoms in total. The van der Waals surface area contributed by atoms with Crippen LogP contribution in [-0.2, 0) is 16.4 Å². The Hall–Kier alpha value is -2.55. The average Bonchev–Trinajstić information content (AvgIpc) is 3.22. The molecule has 0 aliphatic carbocycles. The molecular weight excluding hydrogens is 524 g/mol. The Balaban J connectivity index is 0.00000507. The minimum atomic E-state index is -3.45. The van der Waals surface area contributed by atoms with E-state index in [1.54, 1.807) is 30.3 Å². The highest BCUT2D eigenvalue weighted by Crippen LogP contribution is 2.32. The van der Waals surface area contributed by atoms with Crippen LogP contribution < -0.4 is 9.46 Å². The molecule has 1 N–H and O–H groups in total. The van der Waals surface area contributed by atoms with Gasteiger partial charge in [0.05, 0.1) is 18.4 Å². The molecule has 2 aromatic carbocycles. The van der Waals surface area contributed by atoms with Crippen molar-refractivity contribution in [1.29, 1.82) is 0 Å². The second-order valence-corrected chi connectivity index (χ2v) is 11.2. The van der Waals surface area contributed by atoms with E-state index in [9.17, 15) is 13.2 Å². The molecule has 0 bridgehead atoms. The van der Waals surface area contributed by atoms with Gasteiger partial charge in [0.1, 0.15) is 17.1 Å². The molecule has 3 aromatic rings. The Morgan fingerprint density at radius 2 is 1.63 bits per heavy atom. The predicted molar refractivity (Wildman–Crippen MR) is 158 cm³/mol. The number of furan rings is 1. The van der Waals surface area contributed by atoms with Gasteiger partial charge in [-0.05, 0) is 81.2 Å². The molecule has 0 atom stereocenters. The van der Waals surface area contributed by atoms with Crippen LogP contribution in [0.25, 0.3) is 11.0 Å². The summed E-state index contributed by atoms with van der Waals surface area (Å²) in [6.45, 7) is 10.4. The number of unbranched alkanes of at least 4 members (excludes halogenated alkanes) is 1. The Morgan fingerprint density at radius 1 is 0.947 bits per heavy atom. The molecule has 0 fully saturated rings. The predicted octanol–water partition coefficient (Wildman–Crippen LogP) is 6.69. The highest BCUT2D eigenvalue weighted by Gasteiger charge is 2.22. The summed E-state index contributed by atoms with van der Waals surface area (Å²) < 4.78 is 37.9. The first-order valence-electron chi connectivity index (χ1n) is 13.3. The van der Waals surface area contributed by atoms with Gasteiger partial charge in [0.2, 0.25) is 10.0 Å². The lowest BCUT2D eigenvalue weighted by atomic mass is 9.98. The second kappa shape index (κ2) is 15.1. The van der Waals surface area contributed by atoms with Gasteiger partial charge in [-0.2, -0.15) is 0 Å². The summed E-state index contributed by atoms with van der Waals surface area (Å²) in [5.74, 6) is 1.21. The Morgan fingerprint density at radius 3 is 2.24 bits per heavy atom. The maximum absolute atomic E-state index is 13.6. The molecule has 0 radical (unpaired) electrons. The zero-order valence-corrected chi connectivity index (χ0v) is 24.6. The lowest BCUT2D eigenvalue weighted by molar-refractivity contribution is 0.103. The summed E-state index contributed by atoms with van der Waals surface area (Å²) in [4.78, 5) is 16.1. The largest absolute Gasteiger partial charge is 0.494 e. The van der Waals surface area contributed by atoms with Gasteiger partial charge >= 0.3 is 0 Å². The average molecular weight is 565 g/mol. The Bertz CT molecular complexity index is 1270. The van der Waals surface area contributed by atoms with E-state index in [1.165, 1.54) is 0 Å². The highest BCUT2D eigenvalue weighted by molar-refractivity contribution is 7.92. The standard InChI is InChI=1S/C29H40N2O5S.ClH/c1-5-8-10-27-28(25-21-23(30-37(4,33)34)13-16-26(25)36-27)29(32)22-11-14-24(15-12-22)35-20-9-19-31(17-6-2)18-7-3;/h11-16,21,30H,5-10,17-20H2,1-4H3;1H. The highest BCUT2D eigenvalue weighted by atomic mass is 35.5. The zero-order chi connectivity index (χ0) is 26.8. The SMILES string of the molecule is CCCCc1oc2ccc(NS(C)(=O)=O)cc2c1C(=O)c1ccc(OCCCN(CCC)CCC)cc1.Cl. The van der Waals surface area contributed by atoms with E-state index in [0.717, 1.165) is 63.7 Å². The summed E-state index contributed by atoms with van der Waals surface area (Å²) in [5.41, 5.74) is 1.98. The van der Waals surface area contributed by atoms with Gasteiger partial charge < -0.3 is 14.1 Å².